The summed E-state index contributed by atoms with van der Waals surface area (Å²) in [6.45, 7) is 2.03. The van der Waals surface area contributed by atoms with Gasteiger partial charge in [-0.1, -0.05) is 6.92 Å². The van der Waals surface area contributed by atoms with Gasteiger partial charge in [-0.2, -0.15) is 0 Å². The van der Waals surface area contributed by atoms with Crippen molar-refractivity contribution in [1.82, 2.24) is 5.32 Å². The van der Waals surface area contributed by atoms with Crippen molar-refractivity contribution in [2.24, 2.45) is 11.7 Å². The summed E-state index contributed by atoms with van der Waals surface area (Å²) in [5, 5.41) is 2.99. The molecule has 1 amide bonds. The van der Waals surface area contributed by atoms with E-state index in [9.17, 15) is 4.79 Å². The molecule has 3 unspecified atom stereocenters. The summed E-state index contributed by atoms with van der Waals surface area (Å²) in [4.78, 5) is 11.8. The van der Waals surface area contributed by atoms with E-state index < -0.39 is 0 Å². The molecule has 3 nitrogen and oxygen atoms in total. The van der Waals surface area contributed by atoms with Crippen LogP contribution in [0.5, 0.6) is 0 Å². The first-order valence-electron chi connectivity index (χ1n) is 5.66. The predicted octanol–water partition coefficient (Wildman–Crippen LogP) is 1.03. The molecular weight excluding hydrogens is 188 g/mol. The van der Waals surface area contributed by atoms with Crippen LogP contribution in [0.15, 0.2) is 0 Å². The molecule has 1 aliphatic carbocycles. The van der Waals surface area contributed by atoms with E-state index in [1.54, 1.807) is 0 Å². The van der Waals surface area contributed by atoms with E-state index in [4.69, 9.17) is 12.2 Å². The molecule has 1 fully saturated rings. The van der Waals surface area contributed by atoms with Crippen LogP contribution in [-0.4, -0.2) is 18.0 Å². The van der Waals surface area contributed by atoms with Crippen molar-refractivity contribution in [3.63, 3.8) is 0 Å². The highest BCUT2D eigenvalue weighted by molar-refractivity contribution is 5.79. The summed E-state index contributed by atoms with van der Waals surface area (Å²) in [5.41, 5.74) is 5.77. The van der Waals surface area contributed by atoms with Crippen molar-refractivity contribution in [1.29, 1.82) is 0 Å². The molecule has 3 atom stereocenters. The standard InChI is InChI=1S/C12H20N2O/c1-3-5-11(4-2)14-12(15)9-6-7-10(13)8-9/h1,9-11H,4-8,13H2,2H3,(H,14,15). The van der Waals surface area contributed by atoms with Crippen LogP contribution in [0.25, 0.3) is 0 Å². The topological polar surface area (TPSA) is 55.1 Å². The molecule has 15 heavy (non-hydrogen) atoms. The lowest BCUT2D eigenvalue weighted by atomic mass is 10.1. The summed E-state index contributed by atoms with van der Waals surface area (Å²) in [6.07, 6.45) is 9.43. The van der Waals surface area contributed by atoms with E-state index in [0.717, 1.165) is 25.7 Å². The summed E-state index contributed by atoms with van der Waals surface area (Å²) in [5.74, 6) is 2.82. The van der Waals surface area contributed by atoms with Gasteiger partial charge in [-0.15, -0.1) is 12.3 Å². The number of terminal acetylenes is 1. The third kappa shape index (κ3) is 3.56. The van der Waals surface area contributed by atoms with Crippen LogP contribution in [0.3, 0.4) is 0 Å². The number of hydrogen-bond acceptors (Lipinski definition) is 2. The molecule has 0 aromatic rings. The van der Waals surface area contributed by atoms with Crippen LogP contribution < -0.4 is 11.1 Å². The van der Waals surface area contributed by atoms with Crippen LogP contribution >= 0.6 is 0 Å². The Bertz CT molecular complexity index is 257. The normalized spacial score (nSPS) is 27.0. The van der Waals surface area contributed by atoms with E-state index in [2.05, 4.69) is 11.2 Å². The monoisotopic (exact) mass is 208 g/mol. The number of carbonyl (C=O) groups excluding carboxylic acids is 1. The molecule has 0 saturated heterocycles. The van der Waals surface area contributed by atoms with E-state index >= 15 is 0 Å². The third-order valence-corrected chi connectivity index (χ3v) is 3.05. The minimum Gasteiger partial charge on any atom is -0.352 e. The lowest BCUT2D eigenvalue weighted by Crippen LogP contribution is -2.38. The van der Waals surface area contributed by atoms with Gasteiger partial charge in [0.05, 0.1) is 0 Å². The van der Waals surface area contributed by atoms with Crippen molar-refractivity contribution in [3.05, 3.63) is 0 Å². The van der Waals surface area contributed by atoms with Gasteiger partial charge in [0, 0.05) is 24.4 Å². The van der Waals surface area contributed by atoms with Gasteiger partial charge in [0.25, 0.3) is 0 Å². The van der Waals surface area contributed by atoms with Gasteiger partial charge in [0.2, 0.25) is 5.91 Å². The maximum atomic E-state index is 11.8. The van der Waals surface area contributed by atoms with Gasteiger partial charge in [0.1, 0.15) is 0 Å². The van der Waals surface area contributed by atoms with Crippen molar-refractivity contribution >= 4 is 5.91 Å². The highest BCUT2D eigenvalue weighted by Gasteiger charge is 2.28. The molecule has 0 spiro atoms. The van der Waals surface area contributed by atoms with Crippen molar-refractivity contribution in [2.75, 3.05) is 0 Å². The van der Waals surface area contributed by atoms with Crippen LogP contribution in [-0.2, 0) is 4.79 Å². The molecule has 84 valence electrons. The Labute approximate surface area is 91.8 Å². The number of nitrogens with two attached hydrogens (primary N) is 1. The lowest BCUT2D eigenvalue weighted by molar-refractivity contribution is -0.125. The Balaban J connectivity index is 2.37. The average Bonchev–Trinajstić information content (AvgIpc) is 2.64. The van der Waals surface area contributed by atoms with Crippen LogP contribution in [0.2, 0.25) is 0 Å². The Hall–Kier alpha value is -1.01. The first kappa shape index (κ1) is 12.1. The molecular formula is C12H20N2O. The lowest BCUT2D eigenvalue weighted by Gasteiger charge is -2.17. The van der Waals surface area contributed by atoms with Crippen LogP contribution in [0, 0.1) is 18.3 Å². The van der Waals surface area contributed by atoms with Crippen molar-refractivity contribution in [2.45, 2.75) is 51.1 Å². The van der Waals surface area contributed by atoms with Gasteiger partial charge in [-0.3, -0.25) is 4.79 Å². The number of nitrogens with one attached hydrogen (secondary N) is 1. The molecule has 0 aromatic carbocycles. The number of carbonyl (C=O) groups is 1. The minimum absolute atomic E-state index is 0.104. The van der Waals surface area contributed by atoms with Crippen LogP contribution in [0.1, 0.15) is 39.0 Å². The zero-order valence-corrected chi connectivity index (χ0v) is 9.33. The molecule has 1 aliphatic rings. The second-order valence-corrected chi connectivity index (χ2v) is 4.29. The zero-order valence-electron chi connectivity index (χ0n) is 9.33. The predicted molar refractivity (Wildman–Crippen MR) is 61.0 cm³/mol. The van der Waals surface area contributed by atoms with E-state index in [1.807, 2.05) is 6.92 Å². The fraction of sp³-hybridized carbons (Fsp3) is 0.750. The van der Waals surface area contributed by atoms with Crippen LogP contribution in [0.4, 0.5) is 0 Å². The van der Waals surface area contributed by atoms with Gasteiger partial charge in [-0.05, 0) is 25.7 Å². The zero-order chi connectivity index (χ0) is 11.3. The Morgan fingerprint density at radius 1 is 1.67 bits per heavy atom. The smallest absolute Gasteiger partial charge is 0.223 e. The Kier molecular flexibility index (Phi) is 4.64. The second kappa shape index (κ2) is 5.77. The fourth-order valence-electron chi connectivity index (χ4n) is 2.01. The molecule has 0 bridgehead atoms. The maximum Gasteiger partial charge on any atom is 0.223 e. The molecule has 1 saturated carbocycles. The summed E-state index contributed by atoms with van der Waals surface area (Å²) in [6, 6.07) is 0.327. The SMILES string of the molecule is C#CCC(CC)NC(=O)C1CCC(N)C1. The second-order valence-electron chi connectivity index (χ2n) is 4.29. The fourth-order valence-corrected chi connectivity index (χ4v) is 2.01. The molecule has 3 heteroatoms. The first-order valence-corrected chi connectivity index (χ1v) is 5.66. The van der Waals surface area contributed by atoms with Crippen molar-refractivity contribution in [3.8, 4) is 12.3 Å². The number of hydrogen-bond donors (Lipinski definition) is 2. The Morgan fingerprint density at radius 3 is 2.87 bits per heavy atom. The number of rotatable bonds is 4. The summed E-state index contributed by atoms with van der Waals surface area (Å²) in [7, 11) is 0. The molecule has 0 radical (unpaired) electrons. The highest BCUT2D eigenvalue weighted by Crippen LogP contribution is 2.24. The summed E-state index contributed by atoms with van der Waals surface area (Å²) < 4.78 is 0. The molecule has 0 heterocycles. The van der Waals surface area contributed by atoms with E-state index in [1.165, 1.54) is 0 Å². The van der Waals surface area contributed by atoms with E-state index in [0.29, 0.717) is 6.42 Å². The summed E-state index contributed by atoms with van der Waals surface area (Å²) >= 11 is 0. The van der Waals surface area contributed by atoms with Crippen molar-refractivity contribution < 1.29 is 4.79 Å². The van der Waals surface area contributed by atoms with Gasteiger partial charge >= 0.3 is 0 Å². The highest BCUT2D eigenvalue weighted by atomic mass is 16.1. The van der Waals surface area contributed by atoms with Gasteiger partial charge in [-0.25, -0.2) is 0 Å². The molecule has 0 aliphatic heterocycles. The number of amides is 1. The Morgan fingerprint density at radius 2 is 2.40 bits per heavy atom. The molecule has 1 rings (SSSR count). The maximum absolute atomic E-state index is 11.8. The average molecular weight is 208 g/mol. The quantitative estimate of drug-likeness (QED) is 0.678. The first-order chi connectivity index (χ1) is 7.17. The third-order valence-electron chi connectivity index (χ3n) is 3.05. The largest absolute Gasteiger partial charge is 0.352 e. The molecule has 3 N–H and O–H groups in total. The molecule has 0 aromatic heterocycles. The van der Waals surface area contributed by atoms with Gasteiger partial charge in [0.15, 0.2) is 0 Å². The minimum atomic E-state index is 0.104. The van der Waals surface area contributed by atoms with E-state index in [-0.39, 0.29) is 23.9 Å². The van der Waals surface area contributed by atoms with Gasteiger partial charge < -0.3 is 11.1 Å².